The number of piperidine rings is 1. The normalized spacial score (nSPS) is 31.8. The van der Waals surface area contributed by atoms with Gasteiger partial charge in [0.2, 0.25) is 5.91 Å². The van der Waals surface area contributed by atoms with E-state index >= 15 is 0 Å². The quantitative estimate of drug-likeness (QED) is 0.894. The molecule has 3 fully saturated rings. The van der Waals surface area contributed by atoms with E-state index in [0.29, 0.717) is 17.5 Å². The lowest BCUT2D eigenvalue weighted by molar-refractivity contribution is -0.130. The summed E-state index contributed by atoms with van der Waals surface area (Å²) in [5, 5.41) is 14.6. The van der Waals surface area contributed by atoms with Crippen LogP contribution < -0.4 is 0 Å². The van der Waals surface area contributed by atoms with Gasteiger partial charge >= 0.3 is 0 Å². The molecule has 0 unspecified atom stereocenters. The number of aliphatic hydroxyl groups is 1. The molecule has 1 N–H and O–H groups in total. The minimum Gasteiger partial charge on any atom is -0.391 e. The summed E-state index contributed by atoms with van der Waals surface area (Å²) in [5.41, 5.74) is 1.60. The van der Waals surface area contributed by atoms with Gasteiger partial charge < -0.3 is 10.0 Å². The van der Waals surface area contributed by atoms with Gasteiger partial charge in [0.1, 0.15) is 0 Å². The first-order chi connectivity index (χ1) is 12.1. The van der Waals surface area contributed by atoms with E-state index in [-0.39, 0.29) is 12.0 Å². The van der Waals surface area contributed by atoms with Gasteiger partial charge in [-0.15, -0.1) is 0 Å². The van der Waals surface area contributed by atoms with Crippen molar-refractivity contribution in [3.8, 4) is 0 Å². The summed E-state index contributed by atoms with van der Waals surface area (Å²) >= 11 is 1.70. The highest BCUT2D eigenvalue weighted by Gasteiger charge is 2.58. The van der Waals surface area contributed by atoms with Gasteiger partial charge in [-0.2, -0.15) is 11.3 Å². The molecule has 1 spiro atoms. The van der Waals surface area contributed by atoms with Gasteiger partial charge in [0, 0.05) is 25.6 Å². The van der Waals surface area contributed by atoms with Crippen LogP contribution in [-0.2, 0) is 11.3 Å². The summed E-state index contributed by atoms with van der Waals surface area (Å²) in [6.07, 6.45) is 7.92. The fourth-order valence-corrected chi connectivity index (χ4v) is 5.80. The van der Waals surface area contributed by atoms with Crippen LogP contribution in [-0.4, -0.2) is 52.1 Å². The lowest BCUT2D eigenvalue weighted by Gasteiger charge is -2.42. The first-order valence-corrected chi connectivity index (χ1v) is 10.7. The number of hydrogen-bond donors (Lipinski definition) is 1. The van der Waals surface area contributed by atoms with E-state index < -0.39 is 0 Å². The van der Waals surface area contributed by atoms with Crippen molar-refractivity contribution in [1.82, 2.24) is 9.80 Å². The number of hydrogen-bond acceptors (Lipinski definition) is 4. The molecular weight excluding hydrogens is 332 g/mol. The average molecular weight is 363 g/mol. The molecule has 1 aromatic heterocycles. The highest BCUT2D eigenvalue weighted by molar-refractivity contribution is 7.07. The molecule has 0 radical (unpaired) electrons. The summed E-state index contributed by atoms with van der Waals surface area (Å²) in [6, 6.07) is 2.92. The number of aliphatic hydroxyl groups excluding tert-OH is 1. The number of thiophene rings is 1. The number of rotatable bonds is 4. The molecule has 3 aliphatic rings. The van der Waals surface area contributed by atoms with Crippen molar-refractivity contribution in [1.29, 1.82) is 0 Å². The second kappa shape index (κ2) is 7.01. The topological polar surface area (TPSA) is 43.8 Å². The minimum atomic E-state index is -0.134. The molecule has 0 aromatic carbocycles. The summed E-state index contributed by atoms with van der Waals surface area (Å²) in [7, 11) is 0. The first-order valence-electron chi connectivity index (χ1n) is 9.79. The summed E-state index contributed by atoms with van der Waals surface area (Å²) in [5.74, 6) is 0.207. The molecule has 1 amide bonds. The highest BCUT2D eigenvalue weighted by Crippen LogP contribution is 2.57. The van der Waals surface area contributed by atoms with Crippen LogP contribution >= 0.6 is 11.3 Å². The summed E-state index contributed by atoms with van der Waals surface area (Å²) in [4.78, 5) is 16.9. The minimum absolute atomic E-state index is 0.134. The third-order valence-electron chi connectivity index (χ3n) is 6.82. The van der Waals surface area contributed by atoms with Crippen molar-refractivity contribution >= 4 is 17.2 Å². The van der Waals surface area contributed by atoms with E-state index in [2.05, 4.69) is 26.6 Å². The van der Waals surface area contributed by atoms with Gasteiger partial charge in [-0.1, -0.05) is 12.8 Å². The maximum atomic E-state index is 12.2. The zero-order valence-corrected chi connectivity index (χ0v) is 16.0. The molecule has 138 valence electrons. The van der Waals surface area contributed by atoms with Crippen molar-refractivity contribution in [2.75, 3.05) is 13.1 Å². The molecule has 5 heteroatoms. The van der Waals surface area contributed by atoms with Crippen LogP contribution in [0.1, 0.15) is 57.4 Å². The Hall–Kier alpha value is -0.910. The Bertz CT molecular complexity index is 595. The molecule has 2 heterocycles. The predicted molar refractivity (Wildman–Crippen MR) is 100 cm³/mol. The van der Waals surface area contributed by atoms with Crippen LogP contribution in [0.3, 0.4) is 0 Å². The van der Waals surface area contributed by atoms with Crippen LogP contribution in [0.15, 0.2) is 16.8 Å². The fourth-order valence-electron chi connectivity index (χ4n) is 5.14. The zero-order chi connectivity index (χ0) is 17.4. The Morgan fingerprint density at radius 2 is 2.12 bits per heavy atom. The standard InChI is InChI=1S/C20H30N2O2S/c1-15(23)22(13-16-6-11-25-14-16)19-12-20(19)7-9-21(10-8-20)17-4-2-3-5-18(17)24/h6,11,14,17-19,24H,2-5,7-10,12-13H2,1H3/t17-,18+,19+/m0/s1. The lowest BCUT2D eigenvalue weighted by Crippen LogP contribution is -2.50. The smallest absolute Gasteiger partial charge is 0.220 e. The number of carbonyl (C=O) groups excluding carboxylic acids is 1. The number of nitrogens with zero attached hydrogens (tertiary/aromatic N) is 2. The van der Waals surface area contributed by atoms with Crippen LogP contribution in [0.2, 0.25) is 0 Å². The van der Waals surface area contributed by atoms with Crippen molar-refractivity contribution in [2.45, 2.75) is 76.6 Å². The fraction of sp³-hybridized carbons (Fsp3) is 0.750. The molecule has 1 aromatic rings. The number of likely N-dealkylation sites (tertiary alicyclic amines) is 1. The molecule has 2 aliphatic carbocycles. The van der Waals surface area contributed by atoms with Gasteiger partial charge in [-0.3, -0.25) is 9.69 Å². The van der Waals surface area contributed by atoms with Gasteiger partial charge in [-0.05, 0) is 73.0 Å². The van der Waals surface area contributed by atoms with E-state index in [9.17, 15) is 9.90 Å². The van der Waals surface area contributed by atoms with E-state index in [1.807, 2.05) is 0 Å². The van der Waals surface area contributed by atoms with Crippen LogP contribution in [0.25, 0.3) is 0 Å². The van der Waals surface area contributed by atoms with E-state index in [4.69, 9.17) is 0 Å². The maximum absolute atomic E-state index is 12.2. The number of carbonyl (C=O) groups is 1. The summed E-state index contributed by atoms with van der Waals surface area (Å²) in [6.45, 7) is 4.65. The van der Waals surface area contributed by atoms with Crippen LogP contribution in [0.4, 0.5) is 0 Å². The molecule has 3 atom stereocenters. The Kier molecular flexibility index (Phi) is 4.91. The van der Waals surface area contributed by atoms with Crippen LogP contribution in [0.5, 0.6) is 0 Å². The molecule has 25 heavy (non-hydrogen) atoms. The van der Waals surface area contributed by atoms with Gasteiger partial charge in [0.05, 0.1) is 6.10 Å². The molecule has 4 nitrogen and oxygen atoms in total. The monoisotopic (exact) mass is 362 g/mol. The largest absolute Gasteiger partial charge is 0.391 e. The molecule has 0 bridgehead atoms. The number of amides is 1. The zero-order valence-electron chi connectivity index (χ0n) is 15.2. The Morgan fingerprint density at radius 1 is 1.36 bits per heavy atom. The Balaban J connectivity index is 1.36. The molecule has 1 saturated heterocycles. The Morgan fingerprint density at radius 3 is 2.76 bits per heavy atom. The maximum Gasteiger partial charge on any atom is 0.220 e. The molecule has 1 aliphatic heterocycles. The van der Waals surface area contributed by atoms with E-state index in [1.54, 1.807) is 18.3 Å². The van der Waals surface area contributed by atoms with Gasteiger partial charge in [0.25, 0.3) is 0 Å². The van der Waals surface area contributed by atoms with E-state index in [0.717, 1.165) is 38.9 Å². The summed E-state index contributed by atoms with van der Waals surface area (Å²) < 4.78 is 0. The Labute approximate surface area is 154 Å². The SMILES string of the molecule is CC(=O)N(Cc1ccsc1)[C@@H]1CC12CCN([C@H]1CCCC[C@H]1O)CC2. The van der Waals surface area contributed by atoms with Crippen molar-refractivity contribution in [2.24, 2.45) is 5.41 Å². The average Bonchev–Trinajstić information content (AvgIpc) is 3.04. The molecule has 2 saturated carbocycles. The predicted octanol–water partition coefficient (Wildman–Crippen LogP) is 3.25. The molecule has 4 rings (SSSR count). The van der Waals surface area contributed by atoms with Crippen molar-refractivity contribution in [3.63, 3.8) is 0 Å². The lowest BCUT2D eigenvalue weighted by atomic mass is 9.86. The van der Waals surface area contributed by atoms with Crippen LogP contribution in [0, 0.1) is 5.41 Å². The van der Waals surface area contributed by atoms with Crippen molar-refractivity contribution in [3.05, 3.63) is 22.4 Å². The third-order valence-corrected chi connectivity index (χ3v) is 7.55. The van der Waals surface area contributed by atoms with Gasteiger partial charge in [0.15, 0.2) is 0 Å². The third kappa shape index (κ3) is 3.51. The second-order valence-electron chi connectivity index (χ2n) is 8.32. The van der Waals surface area contributed by atoms with Gasteiger partial charge in [-0.25, -0.2) is 0 Å². The second-order valence-corrected chi connectivity index (χ2v) is 9.10. The van der Waals surface area contributed by atoms with E-state index in [1.165, 1.54) is 31.2 Å². The highest BCUT2D eigenvalue weighted by atomic mass is 32.1. The molecular formula is C20H30N2O2S. The first kappa shape index (κ1) is 17.5. The van der Waals surface area contributed by atoms with Crippen molar-refractivity contribution < 1.29 is 9.90 Å².